The van der Waals surface area contributed by atoms with Crippen molar-refractivity contribution in [1.29, 1.82) is 0 Å². The SMILES string of the molecule is CCOC(=O)c1c(NC(=O)Cn2c(-c3nnco3)cc3ccccc32)sc2c1CCCC2. The van der Waals surface area contributed by atoms with Gasteiger partial charge in [0.25, 0.3) is 5.89 Å². The Bertz CT molecular complexity index is 1290. The molecule has 0 saturated carbocycles. The Morgan fingerprint density at radius 2 is 2.09 bits per heavy atom. The predicted molar refractivity (Wildman–Crippen MR) is 121 cm³/mol. The van der Waals surface area contributed by atoms with Crippen molar-refractivity contribution in [2.24, 2.45) is 0 Å². The van der Waals surface area contributed by atoms with Crippen LogP contribution in [-0.4, -0.2) is 33.2 Å². The lowest BCUT2D eigenvalue weighted by atomic mass is 9.95. The number of fused-ring (bicyclic) bond motifs is 2. The second kappa shape index (κ2) is 8.58. The van der Waals surface area contributed by atoms with Gasteiger partial charge in [0.05, 0.1) is 12.2 Å². The molecule has 5 rings (SSSR count). The molecule has 0 unspecified atom stereocenters. The largest absolute Gasteiger partial charge is 0.462 e. The summed E-state index contributed by atoms with van der Waals surface area (Å²) in [5.74, 6) is -0.274. The smallest absolute Gasteiger partial charge is 0.341 e. The maximum atomic E-state index is 13.1. The first-order valence-corrected chi connectivity index (χ1v) is 11.4. The number of amides is 1. The number of ether oxygens (including phenoxy) is 1. The van der Waals surface area contributed by atoms with Crippen molar-refractivity contribution in [2.45, 2.75) is 39.2 Å². The third-order valence-corrected chi connectivity index (χ3v) is 6.80. The Morgan fingerprint density at radius 1 is 1.25 bits per heavy atom. The highest BCUT2D eigenvalue weighted by Crippen LogP contribution is 2.38. The fraction of sp³-hybridized carbons (Fsp3) is 0.304. The number of benzene rings is 1. The van der Waals surface area contributed by atoms with Crippen LogP contribution in [0.5, 0.6) is 0 Å². The monoisotopic (exact) mass is 450 g/mol. The number of para-hydroxylation sites is 1. The summed E-state index contributed by atoms with van der Waals surface area (Å²) in [6.07, 6.45) is 5.14. The highest BCUT2D eigenvalue weighted by molar-refractivity contribution is 7.17. The van der Waals surface area contributed by atoms with E-state index in [0.717, 1.165) is 47.0 Å². The number of aromatic nitrogens is 3. The zero-order chi connectivity index (χ0) is 22.1. The Kier molecular flexibility index (Phi) is 5.48. The van der Waals surface area contributed by atoms with E-state index in [4.69, 9.17) is 9.15 Å². The lowest BCUT2D eigenvalue weighted by molar-refractivity contribution is -0.116. The van der Waals surface area contributed by atoms with Crippen molar-refractivity contribution < 1.29 is 18.7 Å². The minimum Gasteiger partial charge on any atom is -0.462 e. The van der Waals surface area contributed by atoms with E-state index in [9.17, 15) is 9.59 Å². The molecule has 3 aromatic heterocycles. The van der Waals surface area contributed by atoms with Crippen molar-refractivity contribution in [2.75, 3.05) is 11.9 Å². The van der Waals surface area contributed by atoms with Gasteiger partial charge in [0.2, 0.25) is 12.3 Å². The Balaban J connectivity index is 1.48. The number of nitrogens with zero attached hydrogens (tertiary/aromatic N) is 3. The van der Waals surface area contributed by atoms with Crippen molar-refractivity contribution in [3.05, 3.63) is 52.7 Å². The number of esters is 1. The van der Waals surface area contributed by atoms with Gasteiger partial charge in [0, 0.05) is 15.8 Å². The number of carbonyl (C=O) groups is 2. The molecule has 0 aliphatic heterocycles. The molecular weight excluding hydrogens is 428 g/mol. The van der Waals surface area contributed by atoms with E-state index in [2.05, 4.69) is 15.5 Å². The van der Waals surface area contributed by atoms with Gasteiger partial charge in [-0.05, 0) is 50.3 Å². The van der Waals surface area contributed by atoms with Gasteiger partial charge in [-0.3, -0.25) is 4.79 Å². The average molecular weight is 451 g/mol. The van der Waals surface area contributed by atoms with E-state index in [0.29, 0.717) is 28.8 Å². The number of carbonyl (C=O) groups excluding carboxylic acids is 2. The fourth-order valence-electron chi connectivity index (χ4n) is 4.23. The first-order valence-electron chi connectivity index (χ1n) is 10.6. The lowest BCUT2D eigenvalue weighted by Crippen LogP contribution is -2.20. The second-order valence-corrected chi connectivity index (χ2v) is 8.71. The summed E-state index contributed by atoms with van der Waals surface area (Å²) in [5, 5.41) is 12.3. The van der Waals surface area contributed by atoms with Crippen LogP contribution < -0.4 is 5.32 Å². The number of hydrogen-bond acceptors (Lipinski definition) is 7. The standard InChI is InChI=1S/C23H22N4O4S/c1-2-30-23(29)20-15-8-4-6-10-18(15)32-22(20)25-19(28)12-27-16-9-5-3-7-14(16)11-17(27)21-26-24-13-31-21/h3,5,7,9,11,13H,2,4,6,8,10,12H2,1H3,(H,25,28). The Morgan fingerprint density at radius 3 is 2.91 bits per heavy atom. The Labute approximate surface area is 188 Å². The predicted octanol–water partition coefficient (Wildman–Crippen LogP) is 4.45. The fourth-order valence-corrected chi connectivity index (χ4v) is 5.52. The van der Waals surface area contributed by atoms with Gasteiger partial charge in [-0.1, -0.05) is 18.2 Å². The van der Waals surface area contributed by atoms with Gasteiger partial charge < -0.3 is 19.0 Å². The summed E-state index contributed by atoms with van der Waals surface area (Å²) in [6.45, 7) is 2.11. The molecule has 0 atom stereocenters. The Hall–Kier alpha value is -3.46. The quantitative estimate of drug-likeness (QED) is 0.436. The zero-order valence-electron chi connectivity index (χ0n) is 17.6. The van der Waals surface area contributed by atoms with Crippen LogP contribution in [0.15, 0.2) is 41.1 Å². The molecule has 0 fully saturated rings. The van der Waals surface area contributed by atoms with Crippen LogP contribution in [0.4, 0.5) is 5.00 Å². The van der Waals surface area contributed by atoms with Crippen LogP contribution in [0.2, 0.25) is 0 Å². The molecule has 3 heterocycles. The third kappa shape index (κ3) is 3.69. The molecular formula is C23H22N4O4S. The molecule has 1 aliphatic rings. The summed E-state index contributed by atoms with van der Waals surface area (Å²) in [5.41, 5.74) is 3.07. The molecule has 1 aromatic carbocycles. The van der Waals surface area contributed by atoms with Crippen LogP contribution in [-0.2, 0) is 28.9 Å². The number of aryl methyl sites for hydroxylation is 1. The summed E-state index contributed by atoms with van der Waals surface area (Å²) in [4.78, 5) is 27.0. The molecule has 4 aromatic rings. The summed E-state index contributed by atoms with van der Waals surface area (Å²) >= 11 is 1.48. The molecule has 9 heteroatoms. The van der Waals surface area contributed by atoms with Crippen LogP contribution in [0.3, 0.4) is 0 Å². The minimum atomic E-state index is -0.375. The molecule has 32 heavy (non-hydrogen) atoms. The first-order chi connectivity index (χ1) is 15.7. The minimum absolute atomic E-state index is 0.0378. The number of thiophene rings is 1. The van der Waals surface area contributed by atoms with Crippen molar-refractivity contribution in [1.82, 2.24) is 14.8 Å². The van der Waals surface area contributed by atoms with Crippen LogP contribution >= 0.6 is 11.3 Å². The number of anilines is 1. The van der Waals surface area contributed by atoms with Gasteiger partial charge in [0.1, 0.15) is 17.2 Å². The molecule has 1 amide bonds. The van der Waals surface area contributed by atoms with Gasteiger partial charge in [-0.2, -0.15) is 0 Å². The van der Waals surface area contributed by atoms with Crippen molar-refractivity contribution >= 4 is 39.1 Å². The summed E-state index contributed by atoms with van der Waals surface area (Å²) in [7, 11) is 0. The molecule has 8 nitrogen and oxygen atoms in total. The van der Waals surface area contributed by atoms with E-state index in [1.54, 1.807) is 6.92 Å². The van der Waals surface area contributed by atoms with Crippen LogP contribution in [0.25, 0.3) is 22.5 Å². The van der Waals surface area contributed by atoms with E-state index in [-0.39, 0.29) is 18.4 Å². The van der Waals surface area contributed by atoms with Gasteiger partial charge in [-0.15, -0.1) is 21.5 Å². The summed E-state index contributed by atoms with van der Waals surface area (Å²) in [6, 6.07) is 9.68. The van der Waals surface area contributed by atoms with Crippen LogP contribution in [0.1, 0.15) is 40.6 Å². The van der Waals surface area contributed by atoms with Gasteiger partial charge in [-0.25, -0.2) is 4.79 Å². The van der Waals surface area contributed by atoms with Crippen molar-refractivity contribution in [3.8, 4) is 11.6 Å². The number of rotatable bonds is 6. The van der Waals surface area contributed by atoms with E-state index < -0.39 is 0 Å². The molecule has 0 saturated heterocycles. The maximum absolute atomic E-state index is 13.1. The van der Waals surface area contributed by atoms with Crippen LogP contribution in [0, 0.1) is 0 Å². The molecule has 164 valence electrons. The highest BCUT2D eigenvalue weighted by Gasteiger charge is 2.27. The molecule has 1 N–H and O–H groups in total. The van der Waals surface area contributed by atoms with Crippen molar-refractivity contribution in [3.63, 3.8) is 0 Å². The second-order valence-electron chi connectivity index (χ2n) is 7.60. The lowest BCUT2D eigenvalue weighted by Gasteiger charge is -2.12. The first kappa shape index (κ1) is 20.4. The van der Waals surface area contributed by atoms with Gasteiger partial charge >= 0.3 is 5.97 Å². The maximum Gasteiger partial charge on any atom is 0.341 e. The molecule has 0 bridgehead atoms. The topological polar surface area (TPSA) is 99.2 Å². The van der Waals surface area contributed by atoms with E-state index in [1.165, 1.54) is 17.7 Å². The number of nitrogens with one attached hydrogen (secondary N) is 1. The van der Waals surface area contributed by atoms with E-state index >= 15 is 0 Å². The van der Waals surface area contributed by atoms with E-state index in [1.807, 2.05) is 34.9 Å². The number of hydrogen-bond donors (Lipinski definition) is 1. The normalized spacial score (nSPS) is 13.2. The zero-order valence-corrected chi connectivity index (χ0v) is 18.4. The third-order valence-electron chi connectivity index (χ3n) is 5.60. The molecule has 0 spiro atoms. The average Bonchev–Trinajstić information content (AvgIpc) is 3.51. The molecule has 0 radical (unpaired) electrons. The molecule has 1 aliphatic carbocycles. The highest BCUT2D eigenvalue weighted by atomic mass is 32.1. The summed E-state index contributed by atoms with van der Waals surface area (Å²) < 4.78 is 12.5. The van der Waals surface area contributed by atoms with Gasteiger partial charge in [0.15, 0.2) is 0 Å².